The monoisotopic (exact) mass is 474 g/mol. The van der Waals surface area contributed by atoms with Gasteiger partial charge in [-0.3, -0.25) is 14.8 Å². The Morgan fingerprint density at radius 3 is 2.55 bits per heavy atom. The lowest BCUT2D eigenvalue weighted by Crippen LogP contribution is -2.54. The van der Waals surface area contributed by atoms with Crippen LogP contribution in [0.2, 0.25) is 0 Å². The van der Waals surface area contributed by atoms with Gasteiger partial charge < -0.3 is 9.47 Å². The van der Waals surface area contributed by atoms with Crippen molar-refractivity contribution in [3.63, 3.8) is 0 Å². The number of hydroxylamine groups is 1. The van der Waals surface area contributed by atoms with Crippen LogP contribution in [-0.2, 0) is 25.9 Å². The summed E-state index contributed by atoms with van der Waals surface area (Å²) in [6, 6.07) is 12.5. The summed E-state index contributed by atoms with van der Waals surface area (Å²) >= 11 is 0. The van der Waals surface area contributed by atoms with Gasteiger partial charge in [-0.25, -0.2) is 18.6 Å². The van der Waals surface area contributed by atoms with Crippen molar-refractivity contribution in [2.24, 2.45) is 0 Å². The Hall–Kier alpha value is -3.35. The molecule has 3 aromatic rings. The van der Waals surface area contributed by atoms with Crippen molar-refractivity contribution in [3.05, 3.63) is 58.9 Å². The molecule has 1 aromatic heterocycles. The lowest BCUT2D eigenvalue weighted by molar-refractivity contribution is -0.134. The molecule has 12 heteroatoms. The first-order chi connectivity index (χ1) is 15.9. The average molecular weight is 474 g/mol. The van der Waals surface area contributed by atoms with Crippen LogP contribution in [0, 0.1) is 0 Å². The normalized spacial score (nSPS) is 15.8. The number of ether oxygens (including phenoxy) is 2. The van der Waals surface area contributed by atoms with Gasteiger partial charge >= 0.3 is 0 Å². The van der Waals surface area contributed by atoms with Crippen LogP contribution in [0.5, 0.6) is 5.75 Å². The van der Waals surface area contributed by atoms with Crippen LogP contribution in [0.15, 0.2) is 58.2 Å². The summed E-state index contributed by atoms with van der Waals surface area (Å²) in [5.41, 5.74) is 1.71. The van der Waals surface area contributed by atoms with Crippen molar-refractivity contribution in [2.75, 3.05) is 19.8 Å². The van der Waals surface area contributed by atoms with E-state index in [0.29, 0.717) is 16.7 Å². The topological polar surface area (TPSA) is 150 Å². The summed E-state index contributed by atoms with van der Waals surface area (Å²) in [6.45, 7) is 0.430. The quantitative estimate of drug-likeness (QED) is 0.373. The Bertz CT molecular complexity index is 1320. The van der Waals surface area contributed by atoms with Crippen molar-refractivity contribution in [1.82, 2.24) is 20.5 Å². The van der Waals surface area contributed by atoms with Gasteiger partial charge in [-0.2, -0.15) is 0 Å². The molecule has 1 saturated heterocycles. The Kier molecular flexibility index (Phi) is 6.40. The summed E-state index contributed by atoms with van der Waals surface area (Å²) in [7, 11) is -4.11. The Morgan fingerprint density at radius 2 is 1.85 bits per heavy atom. The van der Waals surface area contributed by atoms with Gasteiger partial charge in [0.15, 0.2) is 14.6 Å². The zero-order chi connectivity index (χ0) is 23.5. The molecule has 174 valence electrons. The number of hydrogen-bond acceptors (Lipinski definition) is 9. The zero-order valence-electron chi connectivity index (χ0n) is 17.5. The number of nitrogens with zero attached hydrogens (tertiary/aromatic N) is 3. The van der Waals surface area contributed by atoms with E-state index in [1.54, 1.807) is 24.3 Å². The number of carbonyl (C=O) groups is 1. The van der Waals surface area contributed by atoms with Crippen LogP contribution in [0.3, 0.4) is 0 Å². The molecule has 0 bridgehead atoms. The molecule has 0 saturated carbocycles. The number of nitrogens with one attached hydrogen (secondary N) is 1. The first-order valence-electron chi connectivity index (χ1n) is 10.2. The molecule has 2 aromatic carbocycles. The van der Waals surface area contributed by atoms with Crippen molar-refractivity contribution >= 4 is 26.6 Å². The van der Waals surface area contributed by atoms with Crippen LogP contribution in [0.1, 0.15) is 12.8 Å². The first kappa shape index (κ1) is 22.8. The number of hydrogen-bond donors (Lipinski definition) is 2. The van der Waals surface area contributed by atoms with Crippen LogP contribution in [0.4, 0.5) is 0 Å². The summed E-state index contributed by atoms with van der Waals surface area (Å²) in [6.07, 6.45) is -0.136. The number of benzene rings is 2. The van der Waals surface area contributed by atoms with E-state index < -0.39 is 20.5 Å². The van der Waals surface area contributed by atoms with E-state index in [2.05, 4.69) is 10.3 Å². The molecule has 1 aliphatic rings. The molecule has 0 atom stereocenters. The highest BCUT2D eigenvalue weighted by atomic mass is 32.2. The van der Waals surface area contributed by atoms with Gasteiger partial charge in [0.05, 0.1) is 16.8 Å². The van der Waals surface area contributed by atoms with E-state index in [1.165, 1.54) is 34.4 Å². The maximum absolute atomic E-state index is 13.2. The van der Waals surface area contributed by atoms with E-state index in [4.69, 9.17) is 14.7 Å². The largest absolute Gasteiger partial charge is 0.492 e. The van der Waals surface area contributed by atoms with Gasteiger partial charge in [0.2, 0.25) is 0 Å². The van der Waals surface area contributed by atoms with Gasteiger partial charge in [0.25, 0.3) is 11.5 Å². The number of fused-ring (bicyclic) bond motifs is 1. The molecule has 2 N–H and O–H groups in total. The third kappa shape index (κ3) is 4.19. The lowest BCUT2D eigenvalue weighted by Gasteiger charge is -2.34. The van der Waals surface area contributed by atoms with E-state index in [1.807, 2.05) is 0 Å². The number of carbonyl (C=O) groups excluding carboxylic acids is 1. The van der Waals surface area contributed by atoms with Gasteiger partial charge in [-0.1, -0.05) is 17.3 Å². The van der Waals surface area contributed by atoms with Crippen LogP contribution < -0.4 is 15.8 Å². The third-order valence-electron chi connectivity index (χ3n) is 5.67. The maximum Gasteiger partial charge on any atom is 0.277 e. The number of rotatable bonds is 7. The molecule has 0 aliphatic carbocycles. The molecular formula is C21H22N4O7S. The van der Waals surface area contributed by atoms with Crippen LogP contribution in [0.25, 0.3) is 10.9 Å². The highest BCUT2D eigenvalue weighted by molar-refractivity contribution is 7.93. The lowest BCUT2D eigenvalue weighted by atomic mass is 9.98. The molecule has 1 amide bonds. The molecule has 2 heterocycles. The van der Waals surface area contributed by atoms with E-state index >= 15 is 0 Å². The van der Waals surface area contributed by atoms with Crippen molar-refractivity contribution < 1.29 is 27.9 Å². The summed E-state index contributed by atoms with van der Waals surface area (Å²) < 4.78 is 36.7. The van der Waals surface area contributed by atoms with E-state index in [0.717, 1.165) is 0 Å². The molecule has 1 fully saturated rings. The second kappa shape index (κ2) is 9.25. The van der Waals surface area contributed by atoms with E-state index in [-0.39, 0.29) is 49.7 Å². The van der Waals surface area contributed by atoms with Crippen LogP contribution >= 0.6 is 0 Å². The Morgan fingerprint density at radius 1 is 1.15 bits per heavy atom. The average Bonchev–Trinajstić information content (AvgIpc) is 2.85. The minimum absolute atomic E-state index is 0.0679. The van der Waals surface area contributed by atoms with Crippen LogP contribution in [-0.4, -0.2) is 59.1 Å². The highest BCUT2D eigenvalue weighted by Gasteiger charge is 2.52. The smallest absolute Gasteiger partial charge is 0.277 e. The highest BCUT2D eigenvalue weighted by Crippen LogP contribution is 2.35. The van der Waals surface area contributed by atoms with Crippen molar-refractivity contribution in [3.8, 4) is 5.75 Å². The fourth-order valence-electron chi connectivity index (χ4n) is 3.78. The Balaban J connectivity index is 1.47. The molecular weight excluding hydrogens is 452 g/mol. The molecule has 1 aliphatic heterocycles. The Labute approximate surface area is 188 Å². The van der Waals surface area contributed by atoms with Gasteiger partial charge in [-0.15, -0.1) is 5.10 Å². The summed E-state index contributed by atoms with van der Waals surface area (Å²) in [4.78, 5) is 24.7. The van der Waals surface area contributed by atoms with Crippen molar-refractivity contribution in [2.45, 2.75) is 29.0 Å². The number of amides is 1. The van der Waals surface area contributed by atoms with Gasteiger partial charge in [0.1, 0.15) is 17.9 Å². The fourth-order valence-corrected chi connectivity index (χ4v) is 5.72. The van der Waals surface area contributed by atoms with Gasteiger partial charge in [-0.05, 0) is 49.2 Å². The standard InChI is InChI=1S/C21H22N4O7S/c26-19-17-3-1-2-4-18(17)22-24-25(19)11-14-32-15-5-7-16(8-6-15)33(29,30)21(20(27)23-28)9-12-31-13-10-21/h1-8,28H,9-14H2,(H,23,27). The van der Waals surface area contributed by atoms with E-state index in [9.17, 15) is 18.0 Å². The predicted octanol–water partition coefficient (Wildman–Crippen LogP) is 0.699. The van der Waals surface area contributed by atoms with Crippen molar-refractivity contribution in [1.29, 1.82) is 0 Å². The third-order valence-corrected chi connectivity index (χ3v) is 8.18. The zero-order valence-corrected chi connectivity index (χ0v) is 18.3. The molecule has 0 unspecified atom stereocenters. The number of aromatic nitrogens is 3. The second-order valence-corrected chi connectivity index (χ2v) is 9.77. The number of sulfone groups is 1. The minimum atomic E-state index is -4.11. The molecule has 33 heavy (non-hydrogen) atoms. The summed E-state index contributed by atoms with van der Waals surface area (Å²) in [5, 5.41) is 17.5. The predicted molar refractivity (Wildman–Crippen MR) is 116 cm³/mol. The summed E-state index contributed by atoms with van der Waals surface area (Å²) in [5.74, 6) is -0.601. The van der Waals surface area contributed by atoms with Gasteiger partial charge in [0, 0.05) is 13.2 Å². The first-order valence-corrected chi connectivity index (χ1v) is 11.7. The maximum atomic E-state index is 13.2. The molecule has 0 spiro atoms. The molecule has 4 rings (SSSR count). The second-order valence-electron chi connectivity index (χ2n) is 7.51. The fraction of sp³-hybridized carbons (Fsp3) is 0.333. The minimum Gasteiger partial charge on any atom is -0.492 e. The molecule has 11 nitrogen and oxygen atoms in total. The molecule has 0 radical (unpaired) electrons. The SMILES string of the molecule is O=C(NO)C1(S(=O)(=O)c2ccc(OCCn3nnc4ccccc4c3=O)cc2)CCOCC1.